The van der Waals surface area contributed by atoms with Crippen molar-refractivity contribution in [3.05, 3.63) is 77.0 Å². The van der Waals surface area contributed by atoms with Gasteiger partial charge in [0.2, 0.25) is 0 Å². The standard InChI is InChI=1S/C23H27N5S/c1-14(2)27-21(20(26-23(27)29)19-10-6-7-11-24-19)18-13-16(4)28(17(18)5)22-15(3)9-8-12-25-22/h6-14,20-21H,1-5H3,(H,26,29). The van der Waals surface area contributed by atoms with Crippen molar-refractivity contribution in [1.82, 2.24) is 24.8 Å². The van der Waals surface area contributed by atoms with E-state index in [4.69, 9.17) is 12.2 Å². The van der Waals surface area contributed by atoms with Gasteiger partial charge in [-0.3, -0.25) is 4.98 Å². The molecular formula is C23H27N5S. The summed E-state index contributed by atoms with van der Waals surface area (Å²) < 4.78 is 2.25. The fraction of sp³-hybridized carbons (Fsp3) is 0.348. The molecule has 0 radical (unpaired) electrons. The molecule has 1 aliphatic rings. The number of pyridine rings is 2. The number of nitrogens with one attached hydrogen (secondary N) is 1. The second-order valence-electron chi connectivity index (χ2n) is 7.93. The van der Waals surface area contributed by atoms with Crippen LogP contribution in [0.3, 0.4) is 0 Å². The maximum Gasteiger partial charge on any atom is 0.170 e. The SMILES string of the molecule is Cc1cccnc1-n1c(C)cc(C2C(c3ccccn3)NC(=S)N2C(C)C)c1C. The molecule has 0 amide bonds. The Balaban J connectivity index is 1.88. The first kappa shape index (κ1) is 19.6. The van der Waals surface area contributed by atoms with Crippen molar-refractivity contribution >= 4 is 17.3 Å². The summed E-state index contributed by atoms with van der Waals surface area (Å²) in [6.07, 6.45) is 3.69. The van der Waals surface area contributed by atoms with Crippen molar-refractivity contribution in [1.29, 1.82) is 0 Å². The largest absolute Gasteiger partial charge is 0.352 e. The molecule has 29 heavy (non-hydrogen) atoms. The van der Waals surface area contributed by atoms with Crippen molar-refractivity contribution in [2.75, 3.05) is 0 Å². The van der Waals surface area contributed by atoms with Crippen LogP contribution in [0.1, 0.15) is 54.1 Å². The second kappa shape index (κ2) is 7.59. The van der Waals surface area contributed by atoms with Crippen LogP contribution in [-0.2, 0) is 0 Å². The molecule has 0 aromatic carbocycles. The lowest BCUT2D eigenvalue weighted by Gasteiger charge is -2.31. The smallest absolute Gasteiger partial charge is 0.170 e. The zero-order valence-electron chi connectivity index (χ0n) is 17.5. The normalized spacial score (nSPS) is 19.1. The number of hydrogen-bond donors (Lipinski definition) is 1. The number of hydrogen-bond acceptors (Lipinski definition) is 3. The van der Waals surface area contributed by atoms with E-state index in [9.17, 15) is 0 Å². The lowest BCUT2D eigenvalue weighted by molar-refractivity contribution is 0.269. The van der Waals surface area contributed by atoms with Gasteiger partial charge in [0, 0.05) is 29.8 Å². The Morgan fingerprint density at radius 2 is 1.79 bits per heavy atom. The third kappa shape index (κ3) is 3.31. The molecule has 4 rings (SSSR count). The van der Waals surface area contributed by atoms with Crippen LogP contribution in [-0.4, -0.2) is 30.6 Å². The summed E-state index contributed by atoms with van der Waals surface area (Å²) in [6.45, 7) is 10.8. The number of thiocarbonyl (C=S) groups is 1. The first-order valence-electron chi connectivity index (χ1n) is 10.0. The summed E-state index contributed by atoms with van der Waals surface area (Å²) in [5.74, 6) is 0.979. The zero-order valence-corrected chi connectivity index (χ0v) is 18.4. The average Bonchev–Trinajstić information content (AvgIpc) is 3.19. The zero-order chi connectivity index (χ0) is 20.7. The predicted molar refractivity (Wildman–Crippen MR) is 120 cm³/mol. The maximum absolute atomic E-state index is 5.74. The van der Waals surface area contributed by atoms with Gasteiger partial charge in [0.15, 0.2) is 5.11 Å². The molecular weight excluding hydrogens is 378 g/mol. The van der Waals surface area contributed by atoms with E-state index in [1.807, 2.05) is 30.6 Å². The summed E-state index contributed by atoms with van der Waals surface area (Å²) in [5.41, 5.74) is 5.77. The molecule has 0 bridgehead atoms. The molecule has 1 saturated heterocycles. The molecule has 3 aromatic heterocycles. The topological polar surface area (TPSA) is 46.0 Å². The Morgan fingerprint density at radius 3 is 2.45 bits per heavy atom. The van der Waals surface area contributed by atoms with Crippen LogP contribution in [0.15, 0.2) is 48.8 Å². The lowest BCUT2D eigenvalue weighted by Crippen LogP contribution is -2.35. The molecule has 0 aliphatic carbocycles. The molecule has 0 saturated carbocycles. The Labute approximate surface area is 177 Å². The van der Waals surface area contributed by atoms with Gasteiger partial charge < -0.3 is 14.8 Å². The highest BCUT2D eigenvalue weighted by molar-refractivity contribution is 7.80. The molecule has 3 aromatic rings. The Hall–Kier alpha value is -2.73. The van der Waals surface area contributed by atoms with Crippen LogP contribution in [0.5, 0.6) is 0 Å². The fourth-order valence-electron chi connectivity index (χ4n) is 4.38. The van der Waals surface area contributed by atoms with Crippen LogP contribution in [0.25, 0.3) is 5.82 Å². The van der Waals surface area contributed by atoms with Crippen LogP contribution in [0.4, 0.5) is 0 Å². The van der Waals surface area contributed by atoms with E-state index in [1.165, 1.54) is 17.0 Å². The van der Waals surface area contributed by atoms with Crippen molar-refractivity contribution in [3.8, 4) is 5.82 Å². The van der Waals surface area contributed by atoms with E-state index in [0.29, 0.717) is 0 Å². The Morgan fingerprint density at radius 1 is 1.03 bits per heavy atom. The van der Waals surface area contributed by atoms with E-state index < -0.39 is 0 Å². The molecule has 1 aliphatic heterocycles. The summed E-state index contributed by atoms with van der Waals surface area (Å²) in [5, 5.41) is 4.30. The highest BCUT2D eigenvalue weighted by Gasteiger charge is 2.42. The minimum atomic E-state index is 0.00452. The van der Waals surface area contributed by atoms with Crippen LogP contribution in [0, 0.1) is 20.8 Å². The summed E-state index contributed by atoms with van der Waals surface area (Å²) >= 11 is 5.74. The van der Waals surface area contributed by atoms with Gasteiger partial charge in [-0.15, -0.1) is 0 Å². The summed E-state index contributed by atoms with van der Waals surface area (Å²) in [7, 11) is 0. The van der Waals surface area contributed by atoms with Crippen molar-refractivity contribution < 1.29 is 0 Å². The van der Waals surface area contributed by atoms with Gasteiger partial charge in [0.1, 0.15) is 5.82 Å². The van der Waals surface area contributed by atoms with Crippen LogP contribution >= 0.6 is 12.2 Å². The van der Waals surface area contributed by atoms with E-state index in [1.54, 1.807) is 0 Å². The third-order valence-corrected chi connectivity index (χ3v) is 6.00. The molecule has 2 unspecified atom stereocenters. The lowest BCUT2D eigenvalue weighted by atomic mass is 9.96. The Kier molecular flexibility index (Phi) is 5.13. The molecule has 0 spiro atoms. The molecule has 150 valence electrons. The highest BCUT2D eigenvalue weighted by Crippen LogP contribution is 2.42. The van der Waals surface area contributed by atoms with Gasteiger partial charge in [0.05, 0.1) is 17.8 Å². The van der Waals surface area contributed by atoms with Gasteiger partial charge in [-0.05, 0) is 82.2 Å². The minimum Gasteiger partial charge on any atom is -0.352 e. The van der Waals surface area contributed by atoms with E-state index in [-0.39, 0.29) is 18.1 Å². The second-order valence-corrected chi connectivity index (χ2v) is 8.32. The van der Waals surface area contributed by atoms with Crippen molar-refractivity contribution in [2.45, 2.75) is 52.7 Å². The number of nitrogens with zero attached hydrogens (tertiary/aromatic N) is 4. The molecule has 6 heteroatoms. The molecule has 5 nitrogen and oxygen atoms in total. The van der Waals surface area contributed by atoms with Gasteiger partial charge >= 0.3 is 0 Å². The van der Waals surface area contributed by atoms with Crippen molar-refractivity contribution in [2.24, 2.45) is 0 Å². The highest BCUT2D eigenvalue weighted by atomic mass is 32.1. The maximum atomic E-state index is 5.74. The Bertz CT molecular complexity index is 1040. The molecule has 1 N–H and O–H groups in total. The monoisotopic (exact) mass is 405 g/mol. The molecule has 2 atom stereocenters. The fourth-order valence-corrected chi connectivity index (χ4v) is 4.83. The van der Waals surface area contributed by atoms with Gasteiger partial charge in [-0.2, -0.15) is 0 Å². The average molecular weight is 406 g/mol. The van der Waals surface area contributed by atoms with E-state index in [0.717, 1.165) is 22.2 Å². The van der Waals surface area contributed by atoms with Crippen LogP contribution < -0.4 is 5.32 Å². The minimum absolute atomic E-state index is 0.00452. The van der Waals surface area contributed by atoms with E-state index in [2.05, 4.69) is 77.6 Å². The summed E-state index contributed by atoms with van der Waals surface area (Å²) in [6, 6.07) is 12.7. The van der Waals surface area contributed by atoms with Crippen molar-refractivity contribution in [3.63, 3.8) is 0 Å². The molecule has 1 fully saturated rings. The molecule has 4 heterocycles. The predicted octanol–water partition coefficient (Wildman–Crippen LogP) is 4.57. The van der Waals surface area contributed by atoms with Crippen LogP contribution in [0.2, 0.25) is 0 Å². The van der Waals surface area contributed by atoms with Gasteiger partial charge in [-0.25, -0.2) is 4.98 Å². The summed E-state index contributed by atoms with van der Waals surface area (Å²) in [4.78, 5) is 11.6. The first-order valence-corrected chi connectivity index (χ1v) is 10.4. The number of aryl methyl sites for hydroxylation is 2. The first-order chi connectivity index (χ1) is 13.9. The van der Waals surface area contributed by atoms with Gasteiger partial charge in [-0.1, -0.05) is 12.1 Å². The number of rotatable bonds is 4. The number of aromatic nitrogens is 3. The third-order valence-electron chi connectivity index (χ3n) is 5.67. The van der Waals surface area contributed by atoms with E-state index >= 15 is 0 Å². The van der Waals surface area contributed by atoms with Gasteiger partial charge in [0.25, 0.3) is 0 Å². The quantitative estimate of drug-likeness (QED) is 0.644.